The molecule has 3 aromatic rings. The Morgan fingerprint density at radius 3 is 2.38 bits per heavy atom. The van der Waals surface area contributed by atoms with Crippen LogP contribution in [0.25, 0.3) is 0 Å². The van der Waals surface area contributed by atoms with Gasteiger partial charge in [-0.2, -0.15) is 0 Å². The fraction of sp³-hybridized carbons (Fsp3) is 0.143. The third kappa shape index (κ3) is 4.71. The van der Waals surface area contributed by atoms with Crippen LogP contribution >= 0.6 is 0 Å². The Morgan fingerprint density at radius 1 is 0.885 bits per heavy atom. The number of nitrogens with one attached hydrogen (secondary N) is 1. The van der Waals surface area contributed by atoms with Gasteiger partial charge < -0.3 is 4.74 Å². The molecule has 0 saturated heterocycles. The van der Waals surface area contributed by atoms with Crippen LogP contribution in [0.1, 0.15) is 16.7 Å². The van der Waals surface area contributed by atoms with Crippen molar-refractivity contribution >= 4 is 10.0 Å². The molecule has 0 radical (unpaired) electrons. The summed E-state index contributed by atoms with van der Waals surface area (Å²) < 4.78 is 33.5. The van der Waals surface area contributed by atoms with E-state index < -0.39 is 10.0 Å². The molecule has 3 rings (SSSR count). The van der Waals surface area contributed by atoms with Gasteiger partial charge in [0.25, 0.3) is 0 Å². The van der Waals surface area contributed by atoms with Gasteiger partial charge in [-0.05, 0) is 47.9 Å². The zero-order chi connectivity index (χ0) is 18.4. The minimum absolute atomic E-state index is 0.236. The first-order valence-corrected chi connectivity index (χ1v) is 9.84. The summed E-state index contributed by atoms with van der Waals surface area (Å²) in [5.41, 5.74) is 2.81. The van der Waals surface area contributed by atoms with Crippen LogP contribution in [-0.2, 0) is 23.2 Å². The van der Waals surface area contributed by atoms with Crippen LogP contribution in [0.15, 0.2) is 83.8 Å². The molecule has 3 aromatic carbocycles. The first-order valence-electron chi connectivity index (χ1n) is 8.35. The van der Waals surface area contributed by atoms with Crippen LogP contribution in [-0.4, -0.2) is 8.42 Å². The lowest BCUT2D eigenvalue weighted by Crippen LogP contribution is -2.23. The molecule has 4 nitrogen and oxygen atoms in total. The lowest BCUT2D eigenvalue weighted by molar-refractivity contribution is 0.306. The van der Waals surface area contributed by atoms with Crippen molar-refractivity contribution in [3.8, 4) is 5.75 Å². The van der Waals surface area contributed by atoms with Crippen molar-refractivity contribution < 1.29 is 13.2 Å². The van der Waals surface area contributed by atoms with Gasteiger partial charge in [0.1, 0.15) is 12.4 Å². The van der Waals surface area contributed by atoms with Crippen molar-refractivity contribution in [3.63, 3.8) is 0 Å². The van der Waals surface area contributed by atoms with E-state index >= 15 is 0 Å². The second-order valence-electron chi connectivity index (χ2n) is 6.00. The first-order chi connectivity index (χ1) is 12.5. The molecule has 0 amide bonds. The molecule has 0 heterocycles. The Bertz CT molecular complexity index is 969. The Labute approximate surface area is 154 Å². The highest BCUT2D eigenvalue weighted by atomic mass is 32.2. The van der Waals surface area contributed by atoms with E-state index in [-0.39, 0.29) is 11.4 Å². The topological polar surface area (TPSA) is 55.4 Å². The SMILES string of the molecule is Cc1ccccc1CNS(=O)(=O)c1cccc(COc2ccccc2)c1. The molecule has 0 unspecified atom stereocenters. The maximum absolute atomic E-state index is 12.6. The van der Waals surface area contributed by atoms with Crippen LogP contribution in [0.5, 0.6) is 5.75 Å². The molecular weight excluding hydrogens is 346 g/mol. The lowest BCUT2D eigenvalue weighted by Gasteiger charge is -2.11. The van der Waals surface area contributed by atoms with Crippen LogP contribution in [0.4, 0.5) is 0 Å². The molecule has 0 fully saturated rings. The summed E-state index contributed by atoms with van der Waals surface area (Å²) in [6.45, 7) is 2.54. The molecular formula is C21H21NO3S. The zero-order valence-electron chi connectivity index (χ0n) is 14.6. The minimum atomic E-state index is -3.59. The second-order valence-corrected chi connectivity index (χ2v) is 7.77. The molecule has 0 saturated carbocycles. The van der Waals surface area contributed by atoms with Crippen molar-refractivity contribution in [1.82, 2.24) is 4.72 Å². The molecule has 1 N–H and O–H groups in total. The van der Waals surface area contributed by atoms with E-state index in [1.54, 1.807) is 18.2 Å². The normalized spacial score (nSPS) is 11.3. The number of sulfonamides is 1. The number of ether oxygens (including phenoxy) is 1. The van der Waals surface area contributed by atoms with E-state index in [0.29, 0.717) is 6.61 Å². The fourth-order valence-corrected chi connectivity index (χ4v) is 3.63. The Hall–Kier alpha value is -2.63. The van der Waals surface area contributed by atoms with Crippen molar-refractivity contribution in [2.24, 2.45) is 0 Å². The summed E-state index contributed by atoms with van der Waals surface area (Å²) in [5.74, 6) is 0.749. The quantitative estimate of drug-likeness (QED) is 0.685. The molecule has 26 heavy (non-hydrogen) atoms. The Balaban J connectivity index is 1.69. The number of benzene rings is 3. The van der Waals surface area contributed by atoms with Crippen LogP contribution in [0.3, 0.4) is 0 Å². The predicted octanol–water partition coefficient (Wildman–Crippen LogP) is 4.05. The van der Waals surface area contributed by atoms with Crippen molar-refractivity contribution in [2.45, 2.75) is 25.0 Å². The fourth-order valence-electron chi connectivity index (χ4n) is 2.55. The average molecular weight is 367 g/mol. The monoisotopic (exact) mass is 367 g/mol. The van der Waals surface area contributed by atoms with Gasteiger partial charge in [0.05, 0.1) is 4.90 Å². The van der Waals surface area contributed by atoms with E-state index in [1.165, 1.54) is 0 Å². The molecule has 5 heteroatoms. The zero-order valence-corrected chi connectivity index (χ0v) is 15.4. The highest BCUT2D eigenvalue weighted by Gasteiger charge is 2.14. The summed E-state index contributed by atoms with van der Waals surface area (Å²) >= 11 is 0. The standard InChI is InChI=1S/C21H21NO3S/c1-17-8-5-6-10-19(17)15-22-26(23,24)21-13-7-9-18(14-21)16-25-20-11-3-2-4-12-20/h2-14,22H,15-16H2,1H3. The van der Waals surface area contributed by atoms with Gasteiger partial charge in [0.15, 0.2) is 0 Å². The van der Waals surface area contributed by atoms with Crippen LogP contribution in [0, 0.1) is 6.92 Å². The van der Waals surface area contributed by atoms with Gasteiger partial charge in [-0.3, -0.25) is 0 Å². The van der Waals surface area contributed by atoms with Crippen LogP contribution in [0.2, 0.25) is 0 Å². The lowest BCUT2D eigenvalue weighted by atomic mass is 10.1. The van der Waals surface area contributed by atoms with Gasteiger partial charge in [0.2, 0.25) is 10.0 Å². The summed E-state index contributed by atoms with van der Waals surface area (Å²) in [4.78, 5) is 0.236. The third-order valence-electron chi connectivity index (χ3n) is 4.07. The molecule has 0 aliphatic rings. The summed E-state index contributed by atoms with van der Waals surface area (Å²) in [7, 11) is -3.59. The molecule has 0 bridgehead atoms. The van der Waals surface area contributed by atoms with E-state index in [1.807, 2.05) is 67.6 Å². The van der Waals surface area contributed by atoms with Gasteiger partial charge in [-0.1, -0.05) is 54.6 Å². The minimum Gasteiger partial charge on any atom is -0.489 e. The summed E-state index contributed by atoms with van der Waals surface area (Å²) in [6.07, 6.45) is 0. The third-order valence-corrected chi connectivity index (χ3v) is 5.47. The predicted molar refractivity (Wildman–Crippen MR) is 102 cm³/mol. The van der Waals surface area contributed by atoms with E-state index in [4.69, 9.17) is 4.74 Å². The van der Waals surface area contributed by atoms with Gasteiger partial charge >= 0.3 is 0 Å². The van der Waals surface area contributed by atoms with Crippen molar-refractivity contribution in [2.75, 3.05) is 0 Å². The summed E-state index contributed by atoms with van der Waals surface area (Å²) in [6, 6.07) is 24.0. The number of hydrogen-bond acceptors (Lipinski definition) is 3. The highest BCUT2D eigenvalue weighted by Crippen LogP contribution is 2.16. The molecule has 0 spiro atoms. The first kappa shape index (κ1) is 18.2. The van der Waals surface area contributed by atoms with Crippen molar-refractivity contribution in [1.29, 1.82) is 0 Å². The number of hydrogen-bond donors (Lipinski definition) is 1. The van der Waals surface area contributed by atoms with Crippen molar-refractivity contribution in [3.05, 3.63) is 95.6 Å². The average Bonchev–Trinajstić information content (AvgIpc) is 2.67. The molecule has 134 valence electrons. The molecule has 0 aromatic heterocycles. The molecule has 0 aliphatic carbocycles. The van der Waals surface area contributed by atoms with E-state index in [2.05, 4.69) is 4.72 Å². The van der Waals surface area contributed by atoms with E-state index in [9.17, 15) is 8.42 Å². The number of rotatable bonds is 7. The Kier molecular flexibility index (Phi) is 5.71. The largest absolute Gasteiger partial charge is 0.489 e. The number of aryl methyl sites for hydroxylation is 1. The second kappa shape index (κ2) is 8.17. The number of para-hydroxylation sites is 1. The molecule has 0 aliphatic heterocycles. The van der Waals surface area contributed by atoms with Gasteiger partial charge in [-0.25, -0.2) is 13.1 Å². The Morgan fingerprint density at radius 2 is 1.62 bits per heavy atom. The summed E-state index contributed by atoms with van der Waals surface area (Å²) in [5, 5.41) is 0. The maximum atomic E-state index is 12.6. The molecule has 0 atom stereocenters. The maximum Gasteiger partial charge on any atom is 0.240 e. The highest BCUT2D eigenvalue weighted by molar-refractivity contribution is 7.89. The van der Waals surface area contributed by atoms with Gasteiger partial charge in [0, 0.05) is 6.54 Å². The smallest absolute Gasteiger partial charge is 0.240 e. The van der Waals surface area contributed by atoms with Gasteiger partial charge in [-0.15, -0.1) is 0 Å². The van der Waals surface area contributed by atoms with E-state index in [0.717, 1.165) is 22.4 Å². The van der Waals surface area contributed by atoms with Crippen LogP contribution < -0.4 is 9.46 Å².